The van der Waals surface area contributed by atoms with Crippen LogP contribution in [0.15, 0.2) is 23.2 Å². The molecule has 1 aliphatic heterocycles. The smallest absolute Gasteiger partial charge is 0.231 e. The SMILES string of the molecule is CN=C(NCCOc1ccc2c(c1)OCO2)NC(C)(C)C. The van der Waals surface area contributed by atoms with Crippen LogP contribution in [0.25, 0.3) is 0 Å². The topological polar surface area (TPSA) is 64.1 Å². The third-order valence-corrected chi connectivity index (χ3v) is 2.72. The molecule has 2 rings (SSSR count). The van der Waals surface area contributed by atoms with Crippen molar-refractivity contribution in [3.8, 4) is 17.2 Å². The van der Waals surface area contributed by atoms with Crippen LogP contribution in [-0.2, 0) is 0 Å². The number of nitrogens with one attached hydrogen (secondary N) is 2. The minimum Gasteiger partial charge on any atom is -0.492 e. The van der Waals surface area contributed by atoms with Crippen LogP contribution in [-0.4, -0.2) is 38.5 Å². The molecule has 0 bridgehead atoms. The van der Waals surface area contributed by atoms with Crippen LogP contribution in [0.4, 0.5) is 0 Å². The average molecular weight is 293 g/mol. The van der Waals surface area contributed by atoms with E-state index in [-0.39, 0.29) is 12.3 Å². The summed E-state index contributed by atoms with van der Waals surface area (Å²) in [5.41, 5.74) is -0.0278. The summed E-state index contributed by atoms with van der Waals surface area (Å²) in [6.07, 6.45) is 0. The number of fused-ring (bicyclic) bond motifs is 1. The zero-order chi connectivity index (χ0) is 15.3. The van der Waals surface area contributed by atoms with Gasteiger partial charge in [0.15, 0.2) is 17.5 Å². The number of ether oxygens (including phenoxy) is 3. The summed E-state index contributed by atoms with van der Waals surface area (Å²) >= 11 is 0. The Kier molecular flexibility index (Phi) is 4.77. The van der Waals surface area contributed by atoms with Crippen molar-refractivity contribution in [3.05, 3.63) is 18.2 Å². The molecule has 0 amide bonds. The second-order valence-corrected chi connectivity index (χ2v) is 5.74. The van der Waals surface area contributed by atoms with Gasteiger partial charge in [-0.05, 0) is 32.9 Å². The van der Waals surface area contributed by atoms with Gasteiger partial charge in [0.25, 0.3) is 0 Å². The first-order chi connectivity index (χ1) is 9.98. The van der Waals surface area contributed by atoms with E-state index in [0.29, 0.717) is 13.2 Å². The molecule has 116 valence electrons. The zero-order valence-corrected chi connectivity index (χ0v) is 13.0. The Labute approximate surface area is 125 Å². The number of rotatable bonds is 4. The third kappa shape index (κ3) is 4.73. The van der Waals surface area contributed by atoms with E-state index in [2.05, 4.69) is 36.4 Å². The molecule has 21 heavy (non-hydrogen) atoms. The lowest BCUT2D eigenvalue weighted by Gasteiger charge is -2.23. The lowest BCUT2D eigenvalue weighted by Crippen LogP contribution is -2.48. The molecule has 6 heteroatoms. The third-order valence-electron chi connectivity index (χ3n) is 2.72. The normalized spacial score (nSPS) is 14.0. The fourth-order valence-electron chi connectivity index (χ4n) is 1.84. The minimum absolute atomic E-state index is 0.0278. The van der Waals surface area contributed by atoms with Gasteiger partial charge in [-0.25, -0.2) is 0 Å². The van der Waals surface area contributed by atoms with Crippen LogP contribution in [0.3, 0.4) is 0 Å². The second kappa shape index (κ2) is 6.56. The Bertz CT molecular complexity index is 509. The van der Waals surface area contributed by atoms with Gasteiger partial charge < -0.3 is 24.8 Å². The molecular formula is C15H23N3O3. The standard InChI is InChI=1S/C15H23N3O3/c1-15(2,3)18-14(16-4)17-7-8-19-11-5-6-12-13(9-11)21-10-20-12/h5-6,9H,7-8,10H2,1-4H3,(H2,16,17,18). The summed E-state index contributed by atoms with van der Waals surface area (Å²) < 4.78 is 16.2. The predicted octanol–water partition coefficient (Wildman–Crippen LogP) is 1.76. The maximum Gasteiger partial charge on any atom is 0.231 e. The first-order valence-electron chi connectivity index (χ1n) is 6.99. The monoisotopic (exact) mass is 293 g/mol. The van der Waals surface area contributed by atoms with E-state index < -0.39 is 0 Å². The molecule has 1 heterocycles. The zero-order valence-electron chi connectivity index (χ0n) is 13.0. The van der Waals surface area contributed by atoms with Crippen LogP contribution in [0.2, 0.25) is 0 Å². The molecule has 0 unspecified atom stereocenters. The Morgan fingerprint density at radius 1 is 1.29 bits per heavy atom. The summed E-state index contributed by atoms with van der Waals surface area (Å²) in [5, 5.41) is 6.49. The fraction of sp³-hybridized carbons (Fsp3) is 0.533. The van der Waals surface area contributed by atoms with E-state index in [1.807, 2.05) is 18.2 Å². The van der Waals surface area contributed by atoms with Crippen molar-refractivity contribution in [2.45, 2.75) is 26.3 Å². The van der Waals surface area contributed by atoms with Crippen LogP contribution >= 0.6 is 0 Å². The molecule has 6 nitrogen and oxygen atoms in total. The van der Waals surface area contributed by atoms with Crippen LogP contribution in [0, 0.1) is 0 Å². The molecule has 0 fully saturated rings. The summed E-state index contributed by atoms with van der Waals surface area (Å²) in [5.74, 6) is 3.01. The average Bonchev–Trinajstić information content (AvgIpc) is 2.88. The van der Waals surface area contributed by atoms with E-state index in [0.717, 1.165) is 23.2 Å². The highest BCUT2D eigenvalue weighted by Crippen LogP contribution is 2.34. The summed E-state index contributed by atoms with van der Waals surface area (Å²) in [7, 11) is 1.75. The number of guanidine groups is 1. The number of aliphatic imine (C=N–C) groups is 1. The molecule has 0 saturated carbocycles. The van der Waals surface area contributed by atoms with Crippen LogP contribution in [0.1, 0.15) is 20.8 Å². The van der Waals surface area contributed by atoms with Crippen molar-refractivity contribution in [3.63, 3.8) is 0 Å². The predicted molar refractivity (Wildman–Crippen MR) is 82.3 cm³/mol. The maximum absolute atomic E-state index is 5.68. The van der Waals surface area contributed by atoms with Gasteiger partial charge in [-0.2, -0.15) is 0 Å². The maximum atomic E-state index is 5.68. The molecule has 0 saturated heterocycles. The van der Waals surface area contributed by atoms with E-state index in [4.69, 9.17) is 14.2 Å². The largest absolute Gasteiger partial charge is 0.492 e. The molecule has 0 atom stereocenters. The van der Waals surface area contributed by atoms with Gasteiger partial charge in [0.05, 0.1) is 6.54 Å². The molecule has 1 aliphatic rings. The minimum atomic E-state index is -0.0278. The fourth-order valence-corrected chi connectivity index (χ4v) is 1.84. The van der Waals surface area contributed by atoms with Gasteiger partial charge in [-0.15, -0.1) is 0 Å². The molecule has 1 aromatic carbocycles. The second-order valence-electron chi connectivity index (χ2n) is 5.74. The Balaban J connectivity index is 1.74. The van der Waals surface area contributed by atoms with E-state index in [1.54, 1.807) is 7.05 Å². The van der Waals surface area contributed by atoms with E-state index in [9.17, 15) is 0 Å². The molecular weight excluding hydrogens is 270 g/mol. The Hall–Kier alpha value is -2.11. The van der Waals surface area contributed by atoms with Crippen molar-refractivity contribution in [1.82, 2.24) is 10.6 Å². The van der Waals surface area contributed by atoms with Gasteiger partial charge in [-0.3, -0.25) is 4.99 Å². The van der Waals surface area contributed by atoms with Crippen molar-refractivity contribution < 1.29 is 14.2 Å². The van der Waals surface area contributed by atoms with Crippen molar-refractivity contribution in [2.75, 3.05) is 27.0 Å². The van der Waals surface area contributed by atoms with E-state index in [1.165, 1.54) is 0 Å². The number of hydrogen-bond acceptors (Lipinski definition) is 4. The van der Waals surface area contributed by atoms with Gasteiger partial charge in [-0.1, -0.05) is 0 Å². The lowest BCUT2D eigenvalue weighted by atomic mass is 10.1. The summed E-state index contributed by atoms with van der Waals surface area (Å²) in [6, 6.07) is 5.56. The summed E-state index contributed by atoms with van der Waals surface area (Å²) in [6.45, 7) is 7.72. The molecule has 0 spiro atoms. The van der Waals surface area contributed by atoms with Crippen LogP contribution < -0.4 is 24.8 Å². The van der Waals surface area contributed by atoms with E-state index >= 15 is 0 Å². The molecule has 1 aromatic rings. The Morgan fingerprint density at radius 2 is 2.05 bits per heavy atom. The highest BCUT2D eigenvalue weighted by molar-refractivity contribution is 5.80. The van der Waals surface area contributed by atoms with Gasteiger partial charge >= 0.3 is 0 Å². The first-order valence-corrected chi connectivity index (χ1v) is 6.99. The Morgan fingerprint density at radius 3 is 2.76 bits per heavy atom. The quantitative estimate of drug-likeness (QED) is 0.503. The number of nitrogens with zero attached hydrogens (tertiary/aromatic N) is 1. The van der Waals surface area contributed by atoms with Gasteiger partial charge in [0.2, 0.25) is 6.79 Å². The lowest BCUT2D eigenvalue weighted by molar-refractivity contribution is 0.173. The van der Waals surface area contributed by atoms with Crippen molar-refractivity contribution in [2.24, 2.45) is 4.99 Å². The highest BCUT2D eigenvalue weighted by Gasteiger charge is 2.14. The highest BCUT2D eigenvalue weighted by atomic mass is 16.7. The van der Waals surface area contributed by atoms with Crippen molar-refractivity contribution >= 4 is 5.96 Å². The molecule has 0 aliphatic carbocycles. The van der Waals surface area contributed by atoms with Crippen LogP contribution in [0.5, 0.6) is 17.2 Å². The molecule has 0 radical (unpaired) electrons. The molecule has 0 aromatic heterocycles. The first kappa shape index (κ1) is 15.3. The van der Waals surface area contributed by atoms with Gasteiger partial charge in [0.1, 0.15) is 12.4 Å². The van der Waals surface area contributed by atoms with Gasteiger partial charge in [0, 0.05) is 18.7 Å². The molecule has 2 N–H and O–H groups in total. The number of benzene rings is 1. The number of hydrogen-bond donors (Lipinski definition) is 2. The summed E-state index contributed by atoms with van der Waals surface area (Å²) in [4.78, 5) is 4.17. The van der Waals surface area contributed by atoms with Crippen molar-refractivity contribution in [1.29, 1.82) is 0 Å².